The van der Waals surface area contributed by atoms with Gasteiger partial charge in [0.1, 0.15) is 11.3 Å². The average molecular weight is 339 g/mol. The van der Waals surface area contributed by atoms with Crippen LogP contribution in [0.25, 0.3) is 11.2 Å². The average Bonchev–Trinajstić information content (AvgIpc) is 3.08. The number of hydrogen-bond acceptors (Lipinski definition) is 5. The van der Waals surface area contributed by atoms with E-state index in [1.807, 2.05) is 42.1 Å². The minimum Gasteiger partial charge on any atom is -0.394 e. The first-order chi connectivity index (χ1) is 12.2. The number of fused-ring (bicyclic) bond motifs is 1. The predicted octanol–water partition coefficient (Wildman–Crippen LogP) is 3.25. The standard InChI is InChI=1S/C19H25N5O/c1-3-15(12-25)22-17-10-16(20-11-14-8-6-5-7-9-14)18-19(23-17)24(4-2)13-21-18/h5-10,13,15,25H,3-4,11-12H2,1-2H3,(H2,20,22,23)/t15-/m0/s1. The first-order valence-electron chi connectivity index (χ1n) is 8.76. The van der Waals surface area contributed by atoms with Gasteiger partial charge in [-0.15, -0.1) is 0 Å². The van der Waals surface area contributed by atoms with Gasteiger partial charge in [0.25, 0.3) is 0 Å². The second kappa shape index (κ2) is 7.98. The summed E-state index contributed by atoms with van der Waals surface area (Å²) >= 11 is 0. The maximum atomic E-state index is 9.46. The molecule has 0 unspecified atom stereocenters. The van der Waals surface area contributed by atoms with Crippen molar-refractivity contribution in [3.05, 3.63) is 48.3 Å². The molecule has 0 saturated heterocycles. The van der Waals surface area contributed by atoms with E-state index in [0.29, 0.717) is 0 Å². The summed E-state index contributed by atoms with van der Waals surface area (Å²) in [7, 11) is 0. The van der Waals surface area contributed by atoms with Gasteiger partial charge in [0.2, 0.25) is 0 Å². The fourth-order valence-electron chi connectivity index (χ4n) is 2.75. The Labute approximate surface area is 147 Å². The molecule has 0 radical (unpaired) electrons. The second-order valence-corrected chi connectivity index (χ2v) is 6.03. The van der Waals surface area contributed by atoms with Gasteiger partial charge in [0.05, 0.1) is 24.7 Å². The molecule has 0 saturated carbocycles. The number of imidazole rings is 1. The molecule has 0 fully saturated rings. The largest absolute Gasteiger partial charge is 0.394 e. The van der Waals surface area contributed by atoms with Gasteiger partial charge in [-0.05, 0) is 18.9 Å². The van der Waals surface area contributed by atoms with Crippen molar-refractivity contribution in [2.45, 2.75) is 39.4 Å². The first kappa shape index (κ1) is 17.2. The number of aliphatic hydroxyl groups is 1. The zero-order valence-corrected chi connectivity index (χ0v) is 14.7. The van der Waals surface area contributed by atoms with E-state index in [1.54, 1.807) is 0 Å². The third-order valence-electron chi connectivity index (χ3n) is 4.30. The summed E-state index contributed by atoms with van der Waals surface area (Å²) in [5, 5.41) is 16.2. The zero-order chi connectivity index (χ0) is 17.6. The van der Waals surface area contributed by atoms with Crippen molar-refractivity contribution in [3.63, 3.8) is 0 Å². The highest BCUT2D eigenvalue weighted by atomic mass is 16.3. The van der Waals surface area contributed by atoms with E-state index in [2.05, 4.69) is 34.7 Å². The molecule has 0 amide bonds. The number of aryl methyl sites for hydroxylation is 1. The summed E-state index contributed by atoms with van der Waals surface area (Å²) in [4.78, 5) is 9.22. The smallest absolute Gasteiger partial charge is 0.164 e. The quantitative estimate of drug-likeness (QED) is 0.587. The van der Waals surface area contributed by atoms with Crippen LogP contribution in [-0.4, -0.2) is 32.3 Å². The Morgan fingerprint density at radius 1 is 1.20 bits per heavy atom. The molecule has 0 aliphatic rings. The van der Waals surface area contributed by atoms with Gasteiger partial charge in [-0.25, -0.2) is 9.97 Å². The Morgan fingerprint density at radius 2 is 2.00 bits per heavy atom. The third kappa shape index (κ3) is 3.91. The van der Waals surface area contributed by atoms with E-state index in [4.69, 9.17) is 4.98 Å². The lowest BCUT2D eigenvalue weighted by Crippen LogP contribution is -2.23. The molecule has 0 bridgehead atoms. The molecule has 0 aliphatic carbocycles. The topological polar surface area (TPSA) is 75.0 Å². The molecule has 3 aromatic rings. The summed E-state index contributed by atoms with van der Waals surface area (Å²) in [5.74, 6) is 0.749. The second-order valence-electron chi connectivity index (χ2n) is 6.03. The number of benzene rings is 1. The van der Waals surface area contributed by atoms with Gasteiger partial charge in [0, 0.05) is 19.2 Å². The van der Waals surface area contributed by atoms with Gasteiger partial charge in [0.15, 0.2) is 5.65 Å². The fraction of sp³-hybridized carbons (Fsp3) is 0.368. The minimum atomic E-state index is -0.00933. The van der Waals surface area contributed by atoms with Crippen molar-refractivity contribution in [2.24, 2.45) is 0 Å². The number of nitrogens with one attached hydrogen (secondary N) is 2. The molecule has 25 heavy (non-hydrogen) atoms. The molecule has 6 heteroatoms. The van der Waals surface area contributed by atoms with Crippen molar-refractivity contribution < 1.29 is 5.11 Å². The molecule has 6 nitrogen and oxygen atoms in total. The monoisotopic (exact) mass is 339 g/mol. The number of aromatic nitrogens is 3. The lowest BCUT2D eigenvalue weighted by atomic mass is 10.2. The Morgan fingerprint density at radius 3 is 2.68 bits per heavy atom. The third-order valence-corrected chi connectivity index (χ3v) is 4.30. The van der Waals surface area contributed by atoms with Crippen LogP contribution in [0.5, 0.6) is 0 Å². The maximum Gasteiger partial charge on any atom is 0.164 e. The molecular formula is C19H25N5O. The van der Waals surface area contributed by atoms with Crippen LogP contribution in [0.15, 0.2) is 42.7 Å². The van der Waals surface area contributed by atoms with Crippen molar-refractivity contribution in [2.75, 3.05) is 17.2 Å². The summed E-state index contributed by atoms with van der Waals surface area (Å²) in [6, 6.07) is 12.2. The van der Waals surface area contributed by atoms with Gasteiger partial charge in [-0.1, -0.05) is 37.3 Å². The molecule has 3 N–H and O–H groups in total. The number of hydrogen-bond donors (Lipinski definition) is 3. The van der Waals surface area contributed by atoms with Crippen LogP contribution in [0.1, 0.15) is 25.8 Å². The van der Waals surface area contributed by atoms with Crippen molar-refractivity contribution >= 4 is 22.7 Å². The van der Waals surface area contributed by atoms with Crippen LogP contribution in [-0.2, 0) is 13.1 Å². The number of nitrogens with zero attached hydrogens (tertiary/aromatic N) is 3. The van der Waals surface area contributed by atoms with Crippen LogP contribution in [0.2, 0.25) is 0 Å². The van der Waals surface area contributed by atoms with E-state index >= 15 is 0 Å². The molecule has 2 heterocycles. The highest BCUT2D eigenvalue weighted by molar-refractivity contribution is 5.88. The molecule has 1 atom stereocenters. The summed E-state index contributed by atoms with van der Waals surface area (Å²) in [5.41, 5.74) is 3.85. The summed E-state index contributed by atoms with van der Waals surface area (Å²) < 4.78 is 2.02. The van der Waals surface area contributed by atoms with Crippen LogP contribution in [0, 0.1) is 0 Å². The van der Waals surface area contributed by atoms with Gasteiger partial charge in [-0.2, -0.15) is 0 Å². The van der Waals surface area contributed by atoms with E-state index in [1.165, 1.54) is 5.56 Å². The molecule has 0 spiro atoms. The highest BCUT2D eigenvalue weighted by Crippen LogP contribution is 2.25. The maximum absolute atomic E-state index is 9.46. The lowest BCUT2D eigenvalue weighted by molar-refractivity contribution is 0.271. The Bertz CT molecular complexity index is 811. The predicted molar refractivity (Wildman–Crippen MR) is 102 cm³/mol. The SMILES string of the molecule is CC[C@@H](CO)Nc1cc(NCc2ccccc2)c2ncn(CC)c2n1. The van der Waals surface area contributed by atoms with E-state index in [0.717, 1.165) is 42.2 Å². The molecule has 0 aliphatic heterocycles. The number of anilines is 2. The van der Waals surface area contributed by atoms with Gasteiger partial charge in [-0.3, -0.25) is 0 Å². The highest BCUT2D eigenvalue weighted by Gasteiger charge is 2.13. The number of pyridine rings is 1. The summed E-state index contributed by atoms with van der Waals surface area (Å²) in [6.45, 7) is 5.72. The lowest BCUT2D eigenvalue weighted by Gasteiger charge is -2.16. The van der Waals surface area contributed by atoms with Crippen LogP contribution >= 0.6 is 0 Å². The number of aliphatic hydroxyl groups excluding tert-OH is 1. The van der Waals surface area contributed by atoms with E-state index in [-0.39, 0.29) is 12.6 Å². The van der Waals surface area contributed by atoms with Crippen molar-refractivity contribution in [3.8, 4) is 0 Å². The summed E-state index contributed by atoms with van der Waals surface area (Å²) in [6.07, 6.45) is 2.65. The Kier molecular flexibility index (Phi) is 5.50. The normalized spacial score (nSPS) is 12.3. The minimum absolute atomic E-state index is 0.00933. The Balaban J connectivity index is 1.92. The number of rotatable bonds is 8. The van der Waals surface area contributed by atoms with Crippen LogP contribution in [0.3, 0.4) is 0 Å². The van der Waals surface area contributed by atoms with Crippen LogP contribution in [0.4, 0.5) is 11.5 Å². The first-order valence-corrected chi connectivity index (χ1v) is 8.76. The molecular weight excluding hydrogens is 314 g/mol. The van der Waals surface area contributed by atoms with E-state index in [9.17, 15) is 5.11 Å². The molecule has 2 aromatic heterocycles. The van der Waals surface area contributed by atoms with Gasteiger partial charge >= 0.3 is 0 Å². The van der Waals surface area contributed by atoms with Crippen molar-refractivity contribution in [1.82, 2.24) is 14.5 Å². The Hall–Kier alpha value is -2.60. The fourth-order valence-corrected chi connectivity index (χ4v) is 2.75. The molecule has 3 rings (SSSR count). The van der Waals surface area contributed by atoms with Crippen LogP contribution < -0.4 is 10.6 Å². The molecule has 1 aromatic carbocycles. The van der Waals surface area contributed by atoms with Gasteiger partial charge < -0.3 is 20.3 Å². The van der Waals surface area contributed by atoms with Crippen molar-refractivity contribution in [1.29, 1.82) is 0 Å². The zero-order valence-electron chi connectivity index (χ0n) is 14.7. The van der Waals surface area contributed by atoms with E-state index < -0.39 is 0 Å². The molecule has 132 valence electrons.